The Morgan fingerprint density at radius 1 is 0.960 bits per heavy atom. The van der Waals surface area contributed by atoms with E-state index < -0.39 is 0 Å². The maximum Gasteiger partial charge on any atom is 0.175 e. The van der Waals surface area contributed by atoms with Crippen molar-refractivity contribution in [3.63, 3.8) is 0 Å². The standard InChI is InChI=1S/C19H18N2OS3/c1-22-17-11-9-16(10-12-17)14-24-19-21-20-18(25-19)23-13-5-8-15-6-3-2-4-7-15/h2-12H,13-14H2,1H3/b8-5+. The molecule has 1 heterocycles. The second-order valence-electron chi connectivity index (χ2n) is 5.09. The van der Waals surface area contributed by atoms with Crippen molar-refractivity contribution in [3.8, 4) is 5.75 Å². The summed E-state index contributed by atoms with van der Waals surface area (Å²) in [5.41, 5.74) is 2.47. The third-order valence-electron chi connectivity index (χ3n) is 3.32. The molecule has 3 aromatic rings. The van der Waals surface area contributed by atoms with Crippen LogP contribution in [-0.4, -0.2) is 23.1 Å². The highest BCUT2D eigenvalue weighted by atomic mass is 32.2. The van der Waals surface area contributed by atoms with Gasteiger partial charge in [-0.15, -0.1) is 10.2 Å². The molecule has 0 aliphatic rings. The lowest BCUT2D eigenvalue weighted by Gasteiger charge is -2.01. The molecule has 0 radical (unpaired) electrons. The predicted molar refractivity (Wildman–Crippen MR) is 109 cm³/mol. The molecule has 0 spiro atoms. The minimum Gasteiger partial charge on any atom is -0.497 e. The van der Waals surface area contributed by atoms with Crippen LogP contribution in [0.25, 0.3) is 6.08 Å². The van der Waals surface area contributed by atoms with E-state index in [-0.39, 0.29) is 0 Å². The van der Waals surface area contributed by atoms with Crippen LogP contribution >= 0.6 is 34.9 Å². The van der Waals surface area contributed by atoms with Crippen molar-refractivity contribution in [1.82, 2.24) is 10.2 Å². The van der Waals surface area contributed by atoms with Crippen LogP contribution in [0.3, 0.4) is 0 Å². The molecule has 0 unspecified atom stereocenters. The van der Waals surface area contributed by atoms with Crippen LogP contribution < -0.4 is 4.74 Å². The van der Waals surface area contributed by atoms with E-state index in [1.54, 1.807) is 42.0 Å². The van der Waals surface area contributed by atoms with Crippen molar-refractivity contribution < 1.29 is 4.74 Å². The highest BCUT2D eigenvalue weighted by Crippen LogP contribution is 2.31. The van der Waals surface area contributed by atoms with Gasteiger partial charge in [-0.3, -0.25) is 0 Å². The average molecular weight is 387 g/mol. The number of hydrogen-bond donors (Lipinski definition) is 0. The maximum absolute atomic E-state index is 5.17. The van der Waals surface area contributed by atoms with Crippen LogP contribution in [0.1, 0.15) is 11.1 Å². The van der Waals surface area contributed by atoms with Crippen LogP contribution in [0.5, 0.6) is 5.75 Å². The number of thioether (sulfide) groups is 2. The predicted octanol–water partition coefficient (Wildman–Crippen LogP) is 5.64. The Morgan fingerprint density at radius 2 is 1.68 bits per heavy atom. The fourth-order valence-corrected chi connectivity index (χ4v) is 4.86. The average Bonchev–Trinajstić information content (AvgIpc) is 3.13. The molecule has 2 aromatic carbocycles. The van der Waals surface area contributed by atoms with Gasteiger partial charge in [0.1, 0.15) is 5.75 Å². The number of ether oxygens (including phenoxy) is 1. The Balaban J connectivity index is 1.44. The largest absolute Gasteiger partial charge is 0.497 e. The summed E-state index contributed by atoms with van der Waals surface area (Å²) in [5.74, 6) is 2.66. The molecule has 3 nitrogen and oxygen atoms in total. The highest BCUT2D eigenvalue weighted by molar-refractivity contribution is 8.03. The second-order valence-corrected chi connectivity index (χ2v) is 8.56. The van der Waals surface area contributed by atoms with Crippen LogP contribution in [0.2, 0.25) is 0 Å². The molecule has 0 N–H and O–H groups in total. The first-order chi connectivity index (χ1) is 12.3. The second kappa shape index (κ2) is 9.65. The zero-order chi connectivity index (χ0) is 17.3. The Bertz CT molecular complexity index is 801. The van der Waals surface area contributed by atoms with E-state index in [9.17, 15) is 0 Å². The number of rotatable bonds is 8. The Labute approximate surface area is 160 Å². The molecule has 0 fully saturated rings. The SMILES string of the molecule is COc1ccc(CSc2nnc(SC/C=C/c3ccccc3)s2)cc1. The van der Waals surface area contributed by atoms with Crippen LogP contribution in [-0.2, 0) is 5.75 Å². The zero-order valence-electron chi connectivity index (χ0n) is 13.8. The summed E-state index contributed by atoms with van der Waals surface area (Å²) in [6.45, 7) is 0. The van der Waals surface area contributed by atoms with Gasteiger partial charge >= 0.3 is 0 Å². The first-order valence-electron chi connectivity index (χ1n) is 7.77. The number of aromatic nitrogens is 2. The Hall–Kier alpha value is -1.76. The molecule has 0 atom stereocenters. The van der Waals surface area contributed by atoms with Crippen molar-refractivity contribution in [1.29, 1.82) is 0 Å². The molecule has 6 heteroatoms. The summed E-state index contributed by atoms with van der Waals surface area (Å²) < 4.78 is 7.19. The topological polar surface area (TPSA) is 35.0 Å². The summed E-state index contributed by atoms with van der Waals surface area (Å²) in [5, 5.41) is 8.52. The zero-order valence-corrected chi connectivity index (χ0v) is 16.2. The molecule has 128 valence electrons. The van der Waals surface area contributed by atoms with E-state index in [0.29, 0.717) is 0 Å². The molecule has 25 heavy (non-hydrogen) atoms. The van der Waals surface area contributed by atoms with Gasteiger partial charge in [-0.05, 0) is 23.3 Å². The van der Waals surface area contributed by atoms with Gasteiger partial charge in [-0.2, -0.15) is 0 Å². The summed E-state index contributed by atoms with van der Waals surface area (Å²) >= 11 is 5.08. The number of benzene rings is 2. The lowest BCUT2D eigenvalue weighted by Crippen LogP contribution is -1.84. The maximum atomic E-state index is 5.17. The molecule has 1 aromatic heterocycles. The van der Waals surface area contributed by atoms with Crippen molar-refractivity contribution in [2.24, 2.45) is 0 Å². The molecular formula is C19H18N2OS3. The van der Waals surface area contributed by atoms with Crippen molar-refractivity contribution in [2.75, 3.05) is 12.9 Å². The fourth-order valence-electron chi connectivity index (χ4n) is 2.05. The van der Waals surface area contributed by atoms with Crippen LogP contribution in [0.4, 0.5) is 0 Å². The first kappa shape index (κ1) is 18.0. The van der Waals surface area contributed by atoms with Gasteiger partial charge in [0, 0.05) is 11.5 Å². The molecule has 3 rings (SSSR count). The van der Waals surface area contributed by atoms with E-state index in [2.05, 4.69) is 46.6 Å². The monoisotopic (exact) mass is 386 g/mol. The third-order valence-corrected chi connectivity index (χ3v) is 6.54. The lowest BCUT2D eigenvalue weighted by atomic mass is 10.2. The molecule has 0 amide bonds. The van der Waals surface area contributed by atoms with Gasteiger partial charge < -0.3 is 4.74 Å². The van der Waals surface area contributed by atoms with Crippen LogP contribution in [0.15, 0.2) is 69.4 Å². The smallest absolute Gasteiger partial charge is 0.175 e. The molecular weight excluding hydrogens is 368 g/mol. The van der Waals surface area contributed by atoms with Gasteiger partial charge in [0.2, 0.25) is 0 Å². The number of hydrogen-bond acceptors (Lipinski definition) is 6. The minimum absolute atomic E-state index is 0.881. The van der Waals surface area contributed by atoms with E-state index in [4.69, 9.17) is 4.74 Å². The van der Waals surface area contributed by atoms with Gasteiger partial charge in [0.05, 0.1) is 7.11 Å². The quantitative estimate of drug-likeness (QED) is 0.468. The highest BCUT2D eigenvalue weighted by Gasteiger charge is 2.05. The summed E-state index contributed by atoms with van der Waals surface area (Å²) in [6, 6.07) is 18.4. The Morgan fingerprint density at radius 3 is 2.40 bits per heavy atom. The van der Waals surface area contributed by atoms with E-state index >= 15 is 0 Å². The van der Waals surface area contributed by atoms with Gasteiger partial charge in [0.15, 0.2) is 8.68 Å². The summed E-state index contributed by atoms with van der Waals surface area (Å²) in [6.07, 6.45) is 4.29. The minimum atomic E-state index is 0.881. The van der Waals surface area contributed by atoms with Crippen molar-refractivity contribution in [3.05, 3.63) is 71.8 Å². The van der Waals surface area contributed by atoms with Crippen molar-refractivity contribution in [2.45, 2.75) is 14.4 Å². The van der Waals surface area contributed by atoms with Gasteiger partial charge in [-0.25, -0.2) is 0 Å². The number of methoxy groups -OCH3 is 1. The van der Waals surface area contributed by atoms with E-state index in [1.807, 2.05) is 30.3 Å². The molecule has 0 aliphatic heterocycles. The first-order valence-corrected chi connectivity index (χ1v) is 10.6. The third kappa shape index (κ3) is 5.92. The van der Waals surface area contributed by atoms with Crippen molar-refractivity contribution >= 4 is 40.9 Å². The molecule has 0 bridgehead atoms. The normalized spacial score (nSPS) is 11.1. The summed E-state index contributed by atoms with van der Waals surface area (Å²) in [4.78, 5) is 0. The van der Waals surface area contributed by atoms with Crippen LogP contribution in [0, 0.1) is 0 Å². The molecule has 0 saturated carbocycles. The molecule has 0 saturated heterocycles. The number of nitrogens with zero attached hydrogens (tertiary/aromatic N) is 2. The van der Waals surface area contributed by atoms with Gasteiger partial charge in [-0.1, -0.05) is 89.5 Å². The lowest BCUT2D eigenvalue weighted by molar-refractivity contribution is 0.414. The summed E-state index contributed by atoms with van der Waals surface area (Å²) in [7, 11) is 1.68. The van der Waals surface area contributed by atoms with E-state index in [1.165, 1.54) is 11.1 Å². The fraction of sp³-hybridized carbons (Fsp3) is 0.158. The van der Waals surface area contributed by atoms with Gasteiger partial charge in [0.25, 0.3) is 0 Å². The molecule has 0 aliphatic carbocycles. The Kier molecular flexibility index (Phi) is 6.97. The van der Waals surface area contributed by atoms with E-state index in [0.717, 1.165) is 25.9 Å².